The van der Waals surface area contributed by atoms with Crippen molar-refractivity contribution in [3.05, 3.63) is 66.0 Å². The van der Waals surface area contributed by atoms with E-state index >= 15 is 4.39 Å². The van der Waals surface area contributed by atoms with Crippen molar-refractivity contribution in [2.75, 3.05) is 49.5 Å². The van der Waals surface area contributed by atoms with Gasteiger partial charge in [0.05, 0.1) is 5.02 Å². The lowest BCUT2D eigenvalue weighted by Gasteiger charge is -2.36. The van der Waals surface area contributed by atoms with Gasteiger partial charge in [0.15, 0.2) is 5.82 Å². The van der Waals surface area contributed by atoms with E-state index < -0.39 is 5.82 Å². The molecule has 4 aromatic rings. The van der Waals surface area contributed by atoms with Gasteiger partial charge in [0.25, 0.3) is 0 Å². The van der Waals surface area contributed by atoms with Gasteiger partial charge in [0.1, 0.15) is 17.1 Å². The number of nitrogens with zero attached hydrogens (tertiary/aromatic N) is 5. The number of carbonyl (C=O) groups is 1. The fraction of sp³-hybridized carbons (Fsp3) is 0.364. The van der Waals surface area contributed by atoms with Crippen molar-refractivity contribution in [1.82, 2.24) is 19.8 Å². The minimum atomic E-state index is -0.569. The molecule has 3 aromatic carbocycles. The Kier molecular flexibility index (Phi) is 8.11. The first-order valence-electron chi connectivity index (χ1n) is 14.8. The van der Waals surface area contributed by atoms with Crippen LogP contribution in [0.4, 0.5) is 16.2 Å². The molecule has 1 amide bonds. The highest BCUT2D eigenvalue weighted by Gasteiger charge is 2.28. The summed E-state index contributed by atoms with van der Waals surface area (Å²) in [7, 11) is 0. The van der Waals surface area contributed by atoms with Crippen LogP contribution in [0.3, 0.4) is 0 Å². The molecule has 43 heavy (non-hydrogen) atoms. The molecule has 3 heterocycles. The molecular formula is C33H36ClFN6O2. The van der Waals surface area contributed by atoms with Crippen molar-refractivity contribution in [2.45, 2.75) is 38.8 Å². The van der Waals surface area contributed by atoms with Crippen LogP contribution in [-0.2, 0) is 4.79 Å². The average Bonchev–Trinajstić information content (AvgIpc) is 3.01. The Labute approximate surface area is 255 Å². The smallest absolute Gasteiger partial charge is 0.246 e. The molecule has 0 spiro atoms. The van der Waals surface area contributed by atoms with Gasteiger partial charge >= 0.3 is 0 Å². The minimum Gasteiger partial charge on any atom is -0.508 e. The maximum Gasteiger partial charge on any atom is 0.246 e. The predicted molar refractivity (Wildman–Crippen MR) is 171 cm³/mol. The van der Waals surface area contributed by atoms with E-state index in [1.807, 2.05) is 24.3 Å². The lowest BCUT2D eigenvalue weighted by atomic mass is 9.96. The number of anilines is 2. The van der Waals surface area contributed by atoms with Gasteiger partial charge in [0.2, 0.25) is 11.9 Å². The lowest BCUT2D eigenvalue weighted by molar-refractivity contribution is -0.126. The number of hydrogen-bond acceptors (Lipinski definition) is 7. The third-order valence-corrected chi connectivity index (χ3v) is 8.94. The van der Waals surface area contributed by atoms with Gasteiger partial charge in [-0.25, -0.2) is 9.37 Å². The molecule has 0 saturated carbocycles. The third-order valence-electron chi connectivity index (χ3n) is 8.64. The number of aromatic hydroxyl groups is 1. The Balaban J connectivity index is 1.45. The van der Waals surface area contributed by atoms with E-state index in [4.69, 9.17) is 21.6 Å². The van der Waals surface area contributed by atoms with Crippen LogP contribution >= 0.6 is 11.6 Å². The SMILES string of the molecule is C=CC(=O)N1CCN(c2nc(NC3CCN(C(C)C)CC3)nc3c(F)c(-c4cc(O)cc5ccccc45)c(Cl)cc23)CC1. The van der Waals surface area contributed by atoms with Crippen molar-refractivity contribution < 1.29 is 14.3 Å². The second kappa shape index (κ2) is 12.0. The number of hydrogen-bond donors (Lipinski definition) is 2. The molecule has 2 N–H and O–H groups in total. The molecule has 8 nitrogen and oxygen atoms in total. The van der Waals surface area contributed by atoms with Gasteiger partial charge in [-0.1, -0.05) is 42.4 Å². The summed E-state index contributed by atoms with van der Waals surface area (Å²) in [6.45, 7) is 12.0. The molecule has 0 radical (unpaired) electrons. The van der Waals surface area contributed by atoms with Crippen LogP contribution in [0.2, 0.25) is 5.02 Å². The number of piperidine rings is 1. The first-order valence-corrected chi connectivity index (χ1v) is 15.2. The van der Waals surface area contributed by atoms with E-state index in [2.05, 4.69) is 35.5 Å². The van der Waals surface area contributed by atoms with Gasteiger partial charge in [-0.3, -0.25) is 4.79 Å². The first-order chi connectivity index (χ1) is 20.7. The topological polar surface area (TPSA) is 84.8 Å². The third kappa shape index (κ3) is 5.71. The Bertz CT molecular complexity index is 1700. The number of phenolic OH excluding ortho intramolecular Hbond substituents is 1. The average molecular weight is 603 g/mol. The van der Waals surface area contributed by atoms with Crippen molar-refractivity contribution in [1.29, 1.82) is 0 Å². The van der Waals surface area contributed by atoms with Crippen molar-refractivity contribution >= 4 is 50.9 Å². The number of nitrogens with one attached hydrogen (secondary N) is 1. The molecule has 1 aromatic heterocycles. The number of likely N-dealkylation sites (tertiary alicyclic amines) is 1. The Hall–Kier alpha value is -3.95. The first kappa shape index (κ1) is 29.1. The normalized spacial score (nSPS) is 16.8. The van der Waals surface area contributed by atoms with Crippen molar-refractivity contribution in [3.63, 3.8) is 0 Å². The minimum absolute atomic E-state index is 0.0229. The van der Waals surface area contributed by atoms with Crippen LogP contribution in [0.1, 0.15) is 26.7 Å². The van der Waals surface area contributed by atoms with E-state index in [0.717, 1.165) is 36.7 Å². The molecular weight excluding hydrogens is 567 g/mol. The fourth-order valence-corrected chi connectivity index (χ4v) is 6.54. The zero-order valence-electron chi connectivity index (χ0n) is 24.5. The summed E-state index contributed by atoms with van der Waals surface area (Å²) < 4.78 is 16.8. The fourth-order valence-electron chi connectivity index (χ4n) is 6.24. The summed E-state index contributed by atoms with van der Waals surface area (Å²) >= 11 is 6.84. The van der Waals surface area contributed by atoms with Crippen LogP contribution < -0.4 is 10.2 Å². The molecule has 0 aliphatic carbocycles. The molecule has 6 rings (SSSR count). The zero-order valence-corrected chi connectivity index (χ0v) is 25.2. The van der Waals surface area contributed by atoms with E-state index in [0.29, 0.717) is 54.9 Å². The largest absolute Gasteiger partial charge is 0.508 e. The number of phenols is 1. The Morgan fingerprint density at radius 1 is 1.07 bits per heavy atom. The quantitative estimate of drug-likeness (QED) is 0.259. The lowest BCUT2D eigenvalue weighted by Crippen LogP contribution is -2.48. The summed E-state index contributed by atoms with van der Waals surface area (Å²) in [6.07, 6.45) is 3.19. The number of aromatic nitrogens is 2. The standard InChI is InChI=1S/C33H36ClFN6O2/c1-4-28(43)40-13-15-41(16-14-40)32-26-19-27(34)29(25-18-23(42)17-21-7-5-6-8-24(21)25)30(35)31(26)37-33(38-32)36-22-9-11-39(12-10-22)20(2)3/h4-8,17-20,22,42H,1,9-16H2,2-3H3,(H,36,37,38). The number of halogens is 2. The number of benzene rings is 3. The second-order valence-corrected chi connectivity index (χ2v) is 12.0. The van der Waals surface area contributed by atoms with Crippen LogP contribution in [0, 0.1) is 5.82 Å². The van der Waals surface area contributed by atoms with Gasteiger partial charge in [-0.05, 0) is 67.3 Å². The molecule has 2 fully saturated rings. The van der Waals surface area contributed by atoms with E-state index in [9.17, 15) is 9.90 Å². The van der Waals surface area contributed by atoms with Gasteiger partial charge in [-0.15, -0.1) is 0 Å². The Morgan fingerprint density at radius 2 is 1.79 bits per heavy atom. The van der Waals surface area contributed by atoms with E-state index in [1.165, 1.54) is 12.1 Å². The summed E-state index contributed by atoms with van der Waals surface area (Å²) in [5, 5.41) is 16.2. The molecule has 0 bridgehead atoms. The molecule has 0 atom stereocenters. The zero-order chi connectivity index (χ0) is 30.2. The van der Waals surface area contributed by atoms with Crippen LogP contribution in [-0.4, -0.2) is 82.1 Å². The van der Waals surface area contributed by atoms with Gasteiger partial charge < -0.3 is 25.1 Å². The number of rotatable bonds is 6. The summed E-state index contributed by atoms with van der Waals surface area (Å²) in [4.78, 5) is 28.1. The van der Waals surface area contributed by atoms with Crippen LogP contribution in [0.5, 0.6) is 5.75 Å². The molecule has 2 aliphatic rings. The van der Waals surface area contributed by atoms with E-state index in [-0.39, 0.29) is 33.8 Å². The van der Waals surface area contributed by atoms with Crippen molar-refractivity contribution in [2.24, 2.45) is 0 Å². The number of piperazine rings is 1. The van der Waals surface area contributed by atoms with Crippen LogP contribution in [0.25, 0.3) is 32.8 Å². The van der Waals surface area contributed by atoms with Crippen molar-refractivity contribution in [3.8, 4) is 16.9 Å². The van der Waals surface area contributed by atoms with E-state index in [1.54, 1.807) is 17.0 Å². The summed E-state index contributed by atoms with van der Waals surface area (Å²) in [6, 6.07) is 13.1. The number of amides is 1. The number of fused-ring (bicyclic) bond motifs is 2. The Morgan fingerprint density at radius 3 is 2.49 bits per heavy atom. The van der Waals surface area contributed by atoms with Crippen LogP contribution in [0.15, 0.2) is 55.1 Å². The monoisotopic (exact) mass is 602 g/mol. The predicted octanol–water partition coefficient (Wildman–Crippen LogP) is 6.07. The molecule has 0 unspecified atom stereocenters. The summed E-state index contributed by atoms with van der Waals surface area (Å²) in [5.41, 5.74) is 0.833. The highest BCUT2D eigenvalue weighted by Crippen LogP contribution is 2.42. The molecule has 2 aliphatic heterocycles. The van der Waals surface area contributed by atoms with Gasteiger partial charge in [-0.2, -0.15) is 4.98 Å². The maximum atomic E-state index is 16.8. The number of carbonyl (C=O) groups excluding carboxylic acids is 1. The summed E-state index contributed by atoms with van der Waals surface area (Å²) in [5.74, 6) is 0.281. The highest BCUT2D eigenvalue weighted by atomic mass is 35.5. The molecule has 2 saturated heterocycles. The second-order valence-electron chi connectivity index (χ2n) is 11.6. The highest BCUT2D eigenvalue weighted by molar-refractivity contribution is 6.35. The molecule has 224 valence electrons. The maximum absolute atomic E-state index is 16.8. The molecule has 10 heteroatoms. The van der Waals surface area contributed by atoms with Gasteiger partial charge in [0, 0.05) is 62.3 Å².